The van der Waals surface area contributed by atoms with E-state index in [0.29, 0.717) is 27.8 Å². The van der Waals surface area contributed by atoms with Gasteiger partial charge in [-0.1, -0.05) is 70.2 Å². The van der Waals surface area contributed by atoms with E-state index in [-0.39, 0.29) is 11.7 Å². The van der Waals surface area contributed by atoms with E-state index in [4.69, 9.17) is 9.97 Å². The number of nitrogens with zero attached hydrogens (tertiary/aromatic N) is 2. The standard InChI is InChI=1S/C29H20BrFN4O2S/c30-19-11-9-18(10-12-19)27-34-25-8-4-2-6-23(25)29(35-27)38-17-26(36)33-24-7-3-1-5-22(24)28(37)32-21-15-13-20(31)14-16-21/h1-16H,17H2,(H,32,37)(H,33,36). The lowest BCUT2D eigenvalue weighted by molar-refractivity contribution is -0.113. The molecule has 0 atom stereocenters. The maximum atomic E-state index is 13.2. The Morgan fingerprint density at radius 1 is 0.816 bits per heavy atom. The van der Waals surface area contributed by atoms with Crippen LogP contribution in [0.1, 0.15) is 10.4 Å². The van der Waals surface area contributed by atoms with Gasteiger partial charge < -0.3 is 10.6 Å². The van der Waals surface area contributed by atoms with Crippen molar-refractivity contribution in [1.82, 2.24) is 9.97 Å². The van der Waals surface area contributed by atoms with Crippen molar-refractivity contribution in [3.63, 3.8) is 0 Å². The minimum Gasteiger partial charge on any atom is -0.325 e. The third kappa shape index (κ3) is 6.07. The van der Waals surface area contributed by atoms with Crippen LogP contribution in [0, 0.1) is 5.82 Å². The summed E-state index contributed by atoms with van der Waals surface area (Å²) in [5.41, 5.74) is 2.77. The summed E-state index contributed by atoms with van der Waals surface area (Å²) in [6.45, 7) is 0. The van der Waals surface area contributed by atoms with Gasteiger partial charge in [0.05, 0.1) is 22.5 Å². The van der Waals surface area contributed by atoms with Crippen LogP contribution in [0.15, 0.2) is 107 Å². The molecular formula is C29H20BrFN4O2S. The van der Waals surface area contributed by atoms with Crippen molar-refractivity contribution < 1.29 is 14.0 Å². The Bertz CT molecular complexity index is 1630. The summed E-state index contributed by atoms with van der Waals surface area (Å²) in [4.78, 5) is 35.2. The number of aromatic nitrogens is 2. The fourth-order valence-corrected chi connectivity index (χ4v) is 4.81. The van der Waals surface area contributed by atoms with E-state index in [1.54, 1.807) is 24.3 Å². The molecule has 0 bridgehead atoms. The van der Waals surface area contributed by atoms with Crippen molar-refractivity contribution in [2.24, 2.45) is 0 Å². The van der Waals surface area contributed by atoms with Crippen molar-refractivity contribution in [1.29, 1.82) is 0 Å². The number of carbonyl (C=O) groups excluding carboxylic acids is 2. The Balaban J connectivity index is 1.32. The molecule has 2 amide bonds. The molecule has 0 fully saturated rings. The van der Waals surface area contributed by atoms with Crippen molar-refractivity contribution in [3.05, 3.63) is 113 Å². The quantitative estimate of drug-likeness (QED) is 0.156. The van der Waals surface area contributed by atoms with Gasteiger partial charge in [0.15, 0.2) is 5.82 Å². The lowest BCUT2D eigenvalue weighted by Gasteiger charge is -2.12. The first-order valence-corrected chi connectivity index (χ1v) is 13.4. The molecule has 5 rings (SSSR count). The van der Waals surface area contributed by atoms with Crippen molar-refractivity contribution in [2.45, 2.75) is 5.03 Å². The predicted octanol–water partition coefficient (Wildman–Crippen LogP) is 7.18. The summed E-state index contributed by atoms with van der Waals surface area (Å²) in [5, 5.41) is 7.09. The molecule has 2 N–H and O–H groups in total. The number of halogens is 2. The molecule has 188 valence electrons. The van der Waals surface area contributed by atoms with E-state index in [9.17, 15) is 14.0 Å². The third-order valence-corrected chi connectivity index (χ3v) is 7.08. The highest BCUT2D eigenvalue weighted by Gasteiger charge is 2.16. The molecule has 1 heterocycles. The van der Waals surface area contributed by atoms with Gasteiger partial charge in [-0.15, -0.1) is 0 Å². The zero-order valence-corrected chi connectivity index (χ0v) is 22.2. The van der Waals surface area contributed by atoms with Crippen LogP contribution in [-0.2, 0) is 4.79 Å². The van der Waals surface area contributed by atoms with Crippen molar-refractivity contribution in [3.8, 4) is 11.4 Å². The average molecular weight is 587 g/mol. The molecule has 0 saturated carbocycles. The normalized spacial score (nSPS) is 10.8. The Hall–Kier alpha value is -4.08. The monoisotopic (exact) mass is 586 g/mol. The largest absolute Gasteiger partial charge is 0.325 e. The summed E-state index contributed by atoms with van der Waals surface area (Å²) in [5.74, 6) is -0.448. The van der Waals surface area contributed by atoms with Crippen LogP contribution >= 0.6 is 27.7 Å². The Labute approximate surface area is 230 Å². The average Bonchev–Trinajstić information content (AvgIpc) is 2.93. The smallest absolute Gasteiger partial charge is 0.257 e. The first-order chi connectivity index (χ1) is 18.5. The number of para-hydroxylation sites is 2. The highest BCUT2D eigenvalue weighted by Crippen LogP contribution is 2.29. The fraction of sp³-hybridized carbons (Fsp3) is 0.0345. The maximum absolute atomic E-state index is 13.2. The van der Waals surface area contributed by atoms with E-state index in [2.05, 4.69) is 26.6 Å². The number of fused-ring (bicyclic) bond motifs is 1. The number of thioether (sulfide) groups is 1. The topological polar surface area (TPSA) is 84.0 Å². The molecule has 6 nitrogen and oxygen atoms in total. The summed E-state index contributed by atoms with van der Waals surface area (Å²) in [6, 6.07) is 27.6. The van der Waals surface area contributed by atoms with E-state index in [1.165, 1.54) is 36.0 Å². The number of nitrogens with one attached hydrogen (secondary N) is 2. The molecular weight excluding hydrogens is 567 g/mol. The SMILES string of the molecule is O=C(CSc1nc(-c2ccc(Br)cc2)nc2ccccc12)Nc1ccccc1C(=O)Nc1ccc(F)cc1. The van der Waals surface area contributed by atoms with Crippen LogP contribution < -0.4 is 10.6 Å². The van der Waals surface area contributed by atoms with Crippen molar-refractivity contribution in [2.75, 3.05) is 16.4 Å². The first-order valence-electron chi connectivity index (χ1n) is 11.6. The van der Waals surface area contributed by atoms with E-state index in [1.807, 2.05) is 48.5 Å². The highest BCUT2D eigenvalue weighted by molar-refractivity contribution is 9.10. The summed E-state index contributed by atoms with van der Waals surface area (Å²) < 4.78 is 14.1. The number of carbonyl (C=O) groups is 2. The van der Waals surface area contributed by atoms with Crippen LogP contribution in [0.5, 0.6) is 0 Å². The second-order valence-electron chi connectivity index (χ2n) is 8.22. The van der Waals surface area contributed by atoms with Crippen LogP contribution in [-0.4, -0.2) is 27.5 Å². The zero-order chi connectivity index (χ0) is 26.5. The molecule has 4 aromatic carbocycles. The molecule has 0 aliphatic carbocycles. The maximum Gasteiger partial charge on any atom is 0.257 e. The second-order valence-corrected chi connectivity index (χ2v) is 10.1. The van der Waals surface area contributed by atoms with Crippen LogP contribution in [0.4, 0.5) is 15.8 Å². The zero-order valence-electron chi connectivity index (χ0n) is 19.8. The Morgan fingerprint density at radius 2 is 1.53 bits per heavy atom. The minimum atomic E-state index is -0.416. The molecule has 5 aromatic rings. The second kappa shape index (κ2) is 11.5. The van der Waals surface area contributed by atoms with Gasteiger partial charge in [-0.05, 0) is 54.6 Å². The number of rotatable bonds is 7. The summed E-state index contributed by atoms with van der Waals surface area (Å²) in [7, 11) is 0. The molecule has 38 heavy (non-hydrogen) atoms. The van der Waals surface area contributed by atoms with Gasteiger partial charge >= 0.3 is 0 Å². The summed E-state index contributed by atoms with van der Waals surface area (Å²) >= 11 is 4.74. The molecule has 0 unspecified atom stereocenters. The molecule has 1 aromatic heterocycles. The lowest BCUT2D eigenvalue weighted by atomic mass is 10.1. The minimum absolute atomic E-state index is 0.0781. The molecule has 0 radical (unpaired) electrons. The van der Waals surface area contributed by atoms with Gasteiger partial charge in [0.2, 0.25) is 5.91 Å². The van der Waals surface area contributed by atoms with Gasteiger partial charge in [-0.2, -0.15) is 0 Å². The molecule has 0 aliphatic heterocycles. The number of hydrogen-bond donors (Lipinski definition) is 2. The molecule has 0 aliphatic rings. The predicted molar refractivity (Wildman–Crippen MR) is 153 cm³/mol. The third-order valence-electron chi connectivity index (χ3n) is 5.56. The number of amides is 2. The number of hydrogen-bond acceptors (Lipinski definition) is 5. The summed E-state index contributed by atoms with van der Waals surface area (Å²) in [6.07, 6.45) is 0. The fourth-order valence-electron chi connectivity index (χ4n) is 3.73. The number of benzene rings is 4. The molecule has 9 heteroatoms. The Morgan fingerprint density at radius 3 is 2.32 bits per heavy atom. The van der Waals surface area contributed by atoms with Crippen LogP contribution in [0.3, 0.4) is 0 Å². The van der Waals surface area contributed by atoms with E-state index in [0.717, 1.165) is 20.9 Å². The van der Waals surface area contributed by atoms with Gasteiger partial charge in [-0.3, -0.25) is 9.59 Å². The lowest BCUT2D eigenvalue weighted by Crippen LogP contribution is -2.19. The highest BCUT2D eigenvalue weighted by atomic mass is 79.9. The van der Waals surface area contributed by atoms with Gasteiger partial charge in [-0.25, -0.2) is 14.4 Å². The molecule has 0 spiro atoms. The van der Waals surface area contributed by atoms with Gasteiger partial charge in [0.1, 0.15) is 10.8 Å². The van der Waals surface area contributed by atoms with Crippen LogP contribution in [0.2, 0.25) is 0 Å². The van der Waals surface area contributed by atoms with E-state index >= 15 is 0 Å². The van der Waals surface area contributed by atoms with Crippen molar-refractivity contribution >= 4 is 61.8 Å². The van der Waals surface area contributed by atoms with E-state index < -0.39 is 11.7 Å². The van der Waals surface area contributed by atoms with Gasteiger partial charge in [0.25, 0.3) is 5.91 Å². The van der Waals surface area contributed by atoms with Gasteiger partial charge in [0, 0.05) is 21.1 Å². The Kier molecular flexibility index (Phi) is 7.76. The molecule has 0 saturated heterocycles. The number of anilines is 2. The van der Waals surface area contributed by atoms with Crippen LogP contribution in [0.25, 0.3) is 22.3 Å². The first kappa shape index (κ1) is 25.6.